The smallest absolute Gasteiger partial charge is 0.233 e. The van der Waals surface area contributed by atoms with Crippen molar-refractivity contribution in [1.29, 1.82) is 0 Å². The second-order valence-electron chi connectivity index (χ2n) is 7.38. The summed E-state index contributed by atoms with van der Waals surface area (Å²) in [6.45, 7) is 4.13. The summed E-state index contributed by atoms with van der Waals surface area (Å²) in [7, 11) is 0. The summed E-state index contributed by atoms with van der Waals surface area (Å²) in [5.74, 6) is 3.12. The van der Waals surface area contributed by atoms with Crippen molar-refractivity contribution in [1.82, 2.24) is 5.32 Å². The lowest BCUT2D eigenvalue weighted by Crippen LogP contribution is -2.61. The van der Waals surface area contributed by atoms with Crippen LogP contribution in [0.1, 0.15) is 52.4 Å². The zero-order valence-electron chi connectivity index (χ0n) is 11.5. The molecule has 0 radical (unpaired) electrons. The Balaban J connectivity index is 1.70. The third-order valence-electron chi connectivity index (χ3n) is 5.33. The SMILES string of the molecule is CC(C)C(S)C(=O)NC12CC3CC(CC(C3)C1)C2. The van der Waals surface area contributed by atoms with E-state index in [1.807, 2.05) is 0 Å². The molecular weight excluding hydrogens is 242 g/mol. The molecule has 3 heteroatoms. The maximum atomic E-state index is 12.3. The van der Waals surface area contributed by atoms with Crippen molar-refractivity contribution >= 4 is 18.5 Å². The van der Waals surface area contributed by atoms with Gasteiger partial charge >= 0.3 is 0 Å². The molecule has 1 N–H and O–H groups in total. The molecule has 2 nitrogen and oxygen atoms in total. The Bertz CT molecular complexity index is 317. The number of amides is 1. The zero-order valence-corrected chi connectivity index (χ0v) is 12.4. The Morgan fingerprint density at radius 2 is 1.56 bits per heavy atom. The monoisotopic (exact) mass is 267 g/mol. The van der Waals surface area contributed by atoms with Crippen molar-refractivity contribution in [3.05, 3.63) is 0 Å². The Morgan fingerprint density at radius 1 is 1.11 bits per heavy atom. The van der Waals surface area contributed by atoms with Gasteiger partial charge in [-0.3, -0.25) is 4.79 Å². The van der Waals surface area contributed by atoms with Gasteiger partial charge in [0.05, 0.1) is 5.25 Å². The van der Waals surface area contributed by atoms with E-state index in [9.17, 15) is 4.79 Å². The summed E-state index contributed by atoms with van der Waals surface area (Å²) in [5, 5.41) is 3.24. The lowest BCUT2D eigenvalue weighted by atomic mass is 9.53. The second kappa shape index (κ2) is 4.43. The number of nitrogens with one attached hydrogen (secondary N) is 1. The third kappa shape index (κ3) is 2.19. The van der Waals surface area contributed by atoms with E-state index in [0.717, 1.165) is 17.8 Å². The van der Waals surface area contributed by atoms with Crippen LogP contribution in [0.5, 0.6) is 0 Å². The molecule has 1 amide bonds. The molecule has 0 aromatic heterocycles. The summed E-state index contributed by atoms with van der Waals surface area (Å²) in [6.07, 6.45) is 7.94. The van der Waals surface area contributed by atoms with E-state index in [1.54, 1.807) is 0 Å². The predicted molar refractivity (Wildman–Crippen MR) is 76.7 cm³/mol. The van der Waals surface area contributed by atoms with Crippen LogP contribution >= 0.6 is 12.6 Å². The molecule has 4 aliphatic carbocycles. The van der Waals surface area contributed by atoms with E-state index in [4.69, 9.17) is 0 Å². The molecule has 0 saturated heterocycles. The molecule has 18 heavy (non-hydrogen) atoms. The maximum absolute atomic E-state index is 12.3. The van der Waals surface area contributed by atoms with Gasteiger partial charge in [-0.1, -0.05) is 13.8 Å². The van der Waals surface area contributed by atoms with Gasteiger partial charge in [-0.25, -0.2) is 0 Å². The van der Waals surface area contributed by atoms with Crippen LogP contribution in [-0.2, 0) is 4.79 Å². The van der Waals surface area contributed by atoms with Crippen LogP contribution in [0.3, 0.4) is 0 Å². The summed E-state index contributed by atoms with van der Waals surface area (Å²) in [6, 6.07) is 0. The predicted octanol–water partition coefficient (Wildman–Crippen LogP) is 3.03. The van der Waals surface area contributed by atoms with Gasteiger partial charge in [-0.05, 0) is 62.2 Å². The number of carbonyl (C=O) groups excluding carboxylic acids is 1. The lowest BCUT2D eigenvalue weighted by molar-refractivity contribution is -0.126. The first kappa shape index (κ1) is 12.8. The van der Waals surface area contributed by atoms with Crippen LogP contribution in [0.25, 0.3) is 0 Å². The Kier molecular flexibility index (Phi) is 3.16. The molecule has 0 heterocycles. The van der Waals surface area contributed by atoms with Crippen molar-refractivity contribution in [2.45, 2.75) is 63.2 Å². The molecule has 4 bridgehead atoms. The molecular formula is C15H25NOS. The third-order valence-corrected chi connectivity index (χ3v) is 6.16. The summed E-state index contributed by atoms with van der Waals surface area (Å²) in [5.41, 5.74) is 0.141. The molecule has 0 aliphatic heterocycles. The highest BCUT2D eigenvalue weighted by Crippen LogP contribution is 2.55. The standard InChI is InChI=1S/C15H25NOS/c1-9(2)13(18)14(17)16-15-6-10-3-11(7-15)5-12(4-10)8-15/h9-13,18H,3-8H2,1-2H3,(H,16,17). The number of rotatable bonds is 3. The summed E-state index contributed by atoms with van der Waals surface area (Å²) in [4.78, 5) is 12.3. The van der Waals surface area contributed by atoms with Crippen LogP contribution in [0.2, 0.25) is 0 Å². The first-order chi connectivity index (χ1) is 8.47. The molecule has 0 aromatic carbocycles. The molecule has 4 aliphatic rings. The molecule has 0 spiro atoms. The van der Waals surface area contributed by atoms with Crippen molar-refractivity contribution in [2.24, 2.45) is 23.7 Å². The van der Waals surface area contributed by atoms with Crippen LogP contribution in [0.15, 0.2) is 0 Å². The van der Waals surface area contributed by atoms with Crippen LogP contribution in [0.4, 0.5) is 0 Å². The quantitative estimate of drug-likeness (QED) is 0.756. The minimum absolute atomic E-state index is 0.141. The fourth-order valence-corrected chi connectivity index (χ4v) is 4.97. The number of hydrogen-bond donors (Lipinski definition) is 2. The van der Waals surface area contributed by atoms with Gasteiger partial charge < -0.3 is 5.32 Å². The van der Waals surface area contributed by atoms with Gasteiger partial charge in [0.1, 0.15) is 0 Å². The first-order valence-electron chi connectivity index (χ1n) is 7.47. The van der Waals surface area contributed by atoms with Crippen LogP contribution < -0.4 is 5.32 Å². The molecule has 4 rings (SSSR count). The van der Waals surface area contributed by atoms with Gasteiger partial charge in [0.2, 0.25) is 5.91 Å². The van der Waals surface area contributed by atoms with Crippen molar-refractivity contribution in [3.8, 4) is 0 Å². The van der Waals surface area contributed by atoms with E-state index >= 15 is 0 Å². The Hall–Kier alpha value is -0.180. The maximum Gasteiger partial charge on any atom is 0.233 e. The highest BCUT2D eigenvalue weighted by atomic mass is 32.1. The van der Waals surface area contributed by atoms with Gasteiger partial charge in [0.15, 0.2) is 0 Å². The fourth-order valence-electron chi connectivity index (χ4n) is 4.90. The van der Waals surface area contributed by atoms with Gasteiger partial charge in [0, 0.05) is 5.54 Å². The van der Waals surface area contributed by atoms with E-state index in [1.165, 1.54) is 38.5 Å². The Labute approximate surface area is 116 Å². The molecule has 102 valence electrons. The van der Waals surface area contributed by atoms with Gasteiger partial charge in [-0.15, -0.1) is 0 Å². The largest absolute Gasteiger partial charge is 0.350 e. The van der Waals surface area contributed by atoms with Crippen molar-refractivity contribution in [2.75, 3.05) is 0 Å². The van der Waals surface area contributed by atoms with E-state index in [0.29, 0.717) is 5.92 Å². The number of hydrogen-bond acceptors (Lipinski definition) is 2. The second-order valence-corrected chi connectivity index (χ2v) is 7.93. The number of thiol groups is 1. The van der Waals surface area contributed by atoms with E-state index in [-0.39, 0.29) is 16.7 Å². The molecule has 0 aromatic rings. The molecule has 4 saturated carbocycles. The fraction of sp³-hybridized carbons (Fsp3) is 0.933. The van der Waals surface area contributed by atoms with E-state index in [2.05, 4.69) is 31.8 Å². The van der Waals surface area contributed by atoms with Gasteiger partial charge in [0.25, 0.3) is 0 Å². The minimum atomic E-state index is -0.155. The minimum Gasteiger partial charge on any atom is -0.350 e. The van der Waals surface area contributed by atoms with Crippen molar-refractivity contribution < 1.29 is 4.79 Å². The lowest BCUT2D eigenvalue weighted by Gasteiger charge is -2.57. The van der Waals surface area contributed by atoms with Crippen molar-refractivity contribution in [3.63, 3.8) is 0 Å². The normalized spacial score (nSPS) is 43.2. The highest BCUT2D eigenvalue weighted by Gasteiger charge is 2.51. The molecule has 4 fully saturated rings. The van der Waals surface area contributed by atoms with E-state index < -0.39 is 0 Å². The zero-order chi connectivity index (χ0) is 12.9. The molecule has 1 unspecified atom stereocenters. The summed E-state index contributed by atoms with van der Waals surface area (Å²) < 4.78 is 0. The average molecular weight is 267 g/mol. The topological polar surface area (TPSA) is 29.1 Å². The van der Waals surface area contributed by atoms with Crippen LogP contribution in [0, 0.1) is 23.7 Å². The highest BCUT2D eigenvalue weighted by molar-refractivity contribution is 7.81. The van der Waals surface area contributed by atoms with Crippen LogP contribution in [-0.4, -0.2) is 16.7 Å². The number of carbonyl (C=O) groups is 1. The first-order valence-corrected chi connectivity index (χ1v) is 7.99. The average Bonchev–Trinajstić information content (AvgIpc) is 2.24. The summed E-state index contributed by atoms with van der Waals surface area (Å²) >= 11 is 4.46. The molecule has 1 atom stereocenters. The Morgan fingerprint density at radius 3 is 1.94 bits per heavy atom. The van der Waals surface area contributed by atoms with Gasteiger partial charge in [-0.2, -0.15) is 12.6 Å².